The van der Waals surface area contributed by atoms with Gasteiger partial charge in [0.15, 0.2) is 0 Å². The maximum absolute atomic E-state index is 5.23. The highest BCUT2D eigenvalue weighted by molar-refractivity contribution is 5.87. The Bertz CT molecular complexity index is 440. The lowest BCUT2D eigenvalue weighted by atomic mass is 10.0. The number of hydrogen-bond acceptors (Lipinski definition) is 3. The zero-order chi connectivity index (χ0) is 11.0. The van der Waals surface area contributed by atoms with Crippen LogP contribution in [-0.2, 0) is 6.54 Å². The molecule has 2 heterocycles. The second-order valence-corrected chi connectivity index (χ2v) is 4.40. The van der Waals surface area contributed by atoms with Gasteiger partial charge in [0.25, 0.3) is 0 Å². The van der Waals surface area contributed by atoms with Gasteiger partial charge in [0, 0.05) is 25.6 Å². The van der Waals surface area contributed by atoms with Crippen LogP contribution in [0, 0.1) is 0 Å². The number of amidine groups is 1. The first-order valence-electron chi connectivity index (χ1n) is 5.86. The van der Waals surface area contributed by atoms with Gasteiger partial charge in [0.05, 0.1) is 12.8 Å². The van der Waals surface area contributed by atoms with Crippen molar-refractivity contribution in [2.75, 3.05) is 13.7 Å². The Morgan fingerprint density at radius 3 is 3.12 bits per heavy atom. The molecule has 0 atom stereocenters. The van der Waals surface area contributed by atoms with Gasteiger partial charge in [-0.2, -0.15) is 0 Å². The van der Waals surface area contributed by atoms with E-state index >= 15 is 0 Å². The summed E-state index contributed by atoms with van der Waals surface area (Å²) < 4.78 is 5.23. The molecular formula is C13H16N2O. The molecule has 3 rings (SSSR count). The van der Waals surface area contributed by atoms with Crippen molar-refractivity contribution in [3.8, 4) is 5.75 Å². The normalized spacial score (nSPS) is 18.6. The Labute approximate surface area is 95.7 Å². The van der Waals surface area contributed by atoms with E-state index in [9.17, 15) is 0 Å². The molecule has 0 bridgehead atoms. The summed E-state index contributed by atoms with van der Waals surface area (Å²) >= 11 is 0. The van der Waals surface area contributed by atoms with E-state index in [2.05, 4.69) is 11.0 Å². The second kappa shape index (κ2) is 3.81. The number of benzene rings is 1. The second-order valence-electron chi connectivity index (χ2n) is 4.40. The number of methoxy groups -OCH3 is 1. The van der Waals surface area contributed by atoms with Crippen molar-refractivity contribution in [3.63, 3.8) is 0 Å². The van der Waals surface area contributed by atoms with Gasteiger partial charge in [-0.3, -0.25) is 0 Å². The average Bonchev–Trinajstić information content (AvgIpc) is 2.35. The van der Waals surface area contributed by atoms with Gasteiger partial charge in [0.1, 0.15) is 11.6 Å². The molecule has 0 N–H and O–H groups in total. The third-order valence-corrected chi connectivity index (χ3v) is 3.35. The van der Waals surface area contributed by atoms with E-state index < -0.39 is 0 Å². The van der Waals surface area contributed by atoms with Crippen LogP contribution < -0.4 is 4.74 Å². The zero-order valence-electron chi connectivity index (χ0n) is 9.57. The molecule has 0 amide bonds. The fraction of sp³-hybridized carbons (Fsp3) is 0.462. The molecule has 0 saturated carbocycles. The van der Waals surface area contributed by atoms with Gasteiger partial charge in [-0.25, -0.2) is 4.99 Å². The van der Waals surface area contributed by atoms with E-state index in [4.69, 9.17) is 9.73 Å². The van der Waals surface area contributed by atoms with Crippen molar-refractivity contribution < 1.29 is 4.74 Å². The highest BCUT2D eigenvalue weighted by atomic mass is 16.5. The predicted octanol–water partition coefficient (Wildman–Crippen LogP) is 2.72. The van der Waals surface area contributed by atoms with Gasteiger partial charge in [-0.05, 0) is 24.5 Å². The summed E-state index contributed by atoms with van der Waals surface area (Å²) in [4.78, 5) is 7.14. The molecule has 2 aliphatic rings. The summed E-state index contributed by atoms with van der Waals surface area (Å²) in [5.41, 5.74) is 2.40. The van der Waals surface area contributed by atoms with Gasteiger partial charge < -0.3 is 9.64 Å². The van der Waals surface area contributed by atoms with Gasteiger partial charge in [-0.15, -0.1) is 0 Å². The lowest BCUT2D eigenvalue weighted by molar-refractivity contribution is 0.358. The van der Waals surface area contributed by atoms with Crippen molar-refractivity contribution in [2.45, 2.75) is 25.8 Å². The molecule has 2 aliphatic heterocycles. The summed E-state index contributed by atoms with van der Waals surface area (Å²) in [5, 5.41) is 0. The lowest BCUT2D eigenvalue weighted by Gasteiger charge is -2.34. The van der Waals surface area contributed by atoms with Crippen LogP contribution in [0.2, 0.25) is 0 Å². The molecule has 0 radical (unpaired) electrons. The first-order chi connectivity index (χ1) is 7.86. The Hall–Kier alpha value is -1.51. The molecule has 0 aromatic heterocycles. The maximum Gasteiger partial charge on any atom is 0.121 e. The van der Waals surface area contributed by atoms with Gasteiger partial charge >= 0.3 is 0 Å². The summed E-state index contributed by atoms with van der Waals surface area (Å²) in [6.07, 6.45) is 3.69. The monoisotopic (exact) mass is 216 g/mol. The van der Waals surface area contributed by atoms with Crippen LogP contribution >= 0.6 is 0 Å². The molecule has 1 aromatic rings. The summed E-state index contributed by atoms with van der Waals surface area (Å²) in [6.45, 7) is 2.17. The third-order valence-electron chi connectivity index (χ3n) is 3.35. The van der Waals surface area contributed by atoms with Crippen molar-refractivity contribution in [1.82, 2.24) is 4.90 Å². The van der Waals surface area contributed by atoms with E-state index in [-0.39, 0.29) is 0 Å². The van der Waals surface area contributed by atoms with Gasteiger partial charge in [-0.1, -0.05) is 6.07 Å². The van der Waals surface area contributed by atoms with Gasteiger partial charge in [0.2, 0.25) is 0 Å². The van der Waals surface area contributed by atoms with Crippen LogP contribution in [0.15, 0.2) is 23.2 Å². The maximum atomic E-state index is 5.23. The molecule has 3 nitrogen and oxygen atoms in total. The Morgan fingerprint density at radius 1 is 1.31 bits per heavy atom. The molecule has 3 heteroatoms. The summed E-state index contributed by atoms with van der Waals surface area (Å²) in [7, 11) is 1.70. The SMILES string of the molecule is COc1ccc2c(c1)N=C1CCCCN1C2. The zero-order valence-corrected chi connectivity index (χ0v) is 9.57. The van der Waals surface area contributed by atoms with Crippen LogP contribution in [0.25, 0.3) is 0 Å². The first kappa shape index (κ1) is 9.70. The highest BCUT2D eigenvalue weighted by Gasteiger charge is 2.22. The number of aliphatic imine (C=N–C) groups is 1. The van der Waals surface area contributed by atoms with Crippen LogP contribution in [0.3, 0.4) is 0 Å². The largest absolute Gasteiger partial charge is 0.497 e. The molecule has 84 valence electrons. The third kappa shape index (κ3) is 1.56. The van der Waals surface area contributed by atoms with Crippen LogP contribution in [0.4, 0.5) is 5.69 Å². The standard InChI is InChI=1S/C13H16N2O/c1-16-11-6-5-10-9-15-7-3-2-4-13(15)14-12(10)8-11/h5-6,8H,2-4,7,9H2,1H3. The smallest absolute Gasteiger partial charge is 0.121 e. The molecule has 0 aliphatic carbocycles. The van der Waals surface area contributed by atoms with E-state index in [0.29, 0.717) is 0 Å². The summed E-state index contributed by atoms with van der Waals surface area (Å²) in [6, 6.07) is 6.18. The molecule has 1 aromatic carbocycles. The van der Waals surface area contributed by atoms with E-state index in [1.807, 2.05) is 12.1 Å². The minimum Gasteiger partial charge on any atom is -0.497 e. The van der Waals surface area contributed by atoms with Crippen LogP contribution in [-0.4, -0.2) is 24.4 Å². The van der Waals surface area contributed by atoms with Crippen molar-refractivity contribution >= 4 is 11.5 Å². The Morgan fingerprint density at radius 2 is 2.25 bits per heavy atom. The van der Waals surface area contributed by atoms with Crippen molar-refractivity contribution in [1.29, 1.82) is 0 Å². The summed E-state index contributed by atoms with van der Waals surface area (Å²) in [5.74, 6) is 2.15. The number of rotatable bonds is 1. The van der Waals surface area contributed by atoms with Crippen molar-refractivity contribution in [2.24, 2.45) is 4.99 Å². The molecule has 1 saturated heterocycles. The van der Waals surface area contributed by atoms with E-state index in [1.54, 1.807) is 7.11 Å². The van der Waals surface area contributed by atoms with Crippen LogP contribution in [0.5, 0.6) is 5.75 Å². The Kier molecular flexibility index (Phi) is 2.31. The molecule has 1 fully saturated rings. The number of fused-ring (bicyclic) bond motifs is 2. The molecule has 16 heavy (non-hydrogen) atoms. The number of nitrogens with zero attached hydrogens (tertiary/aromatic N) is 2. The van der Waals surface area contributed by atoms with Crippen molar-refractivity contribution in [3.05, 3.63) is 23.8 Å². The molecule has 0 spiro atoms. The minimum atomic E-state index is 0.896. The highest BCUT2D eigenvalue weighted by Crippen LogP contribution is 2.32. The fourth-order valence-corrected chi connectivity index (χ4v) is 2.42. The topological polar surface area (TPSA) is 24.8 Å². The predicted molar refractivity (Wildman–Crippen MR) is 64.4 cm³/mol. The lowest BCUT2D eigenvalue weighted by Crippen LogP contribution is -2.36. The van der Waals surface area contributed by atoms with E-state index in [0.717, 1.165) is 30.9 Å². The number of ether oxygens (including phenoxy) is 1. The molecular weight excluding hydrogens is 200 g/mol. The Balaban J connectivity index is 1.99. The molecule has 0 unspecified atom stereocenters. The fourth-order valence-electron chi connectivity index (χ4n) is 2.42. The quantitative estimate of drug-likeness (QED) is 0.721. The average molecular weight is 216 g/mol. The first-order valence-corrected chi connectivity index (χ1v) is 5.86. The van der Waals surface area contributed by atoms with E-state index in [1.165, 1.54) is 24.2 Å². The number of hydrogen-bond donors (Lipinski definition) is 0. The minimum absolute atomic E-state index is 0.896. The number of piperidine rings is 1. The van der Waals surface area contributed by atoms with Crippen LogP contribution in [0.1, 0.15) is 24.8 Å².